The first kappa shape index (κ1) is 13.4. The van der Waals surface area contributed by atoms with Gasteiger partial charge in [-0.05, 0) is 37.6 Å². The minimum Gasteiger partial charge on any atom is -0.0654 e. The van der Waals surface area contributed by atoms with Crippen molar-refractivity contribution in [3.8, 4) is 0 Å². The van der Waals surface area contributed by atoms with Gasteiger partial charge in [-0.25, -0.2) is 0 Å². The topological polar surface area (TPSA) is 0 Å². The Balaban J connectivity index is 3.05. The molecule has 0 saturated heterocycles. The molecule has 0 rings (SSSR count). The lowest BCUT2D eigenvalue weighted by Crippen LogP contribution is -2.12. The molecule has 0 saturated carbocycles. The minimum atomic E-state index is 0.754. The van der Waals surface area contributed by atoms with Gasteiger partial charge in [0.25, 0.3) is 0 Å². The van der Waals surface area contributed by atoms with Gasteiger partial charge in [0.2, 0.25) is 0 Å². The molecule has 0 radical (unpaired) electrons. The Bertz CT molecular complexity index is 87.1. The van der Waals surface area contributed by atoms with E-state index < -0.39 is 0 Å². The maximum absolute atomic E-state index is 2.34. The molecule has 13 heavy (non-hydrogen) atoms. The largest absolute Gasteiger partial charge is 0.108 e. The first-order chi connectivity index (χ1) is 6.35. The van der Waals surface area contributed by atoms with Gasteiger partial charge in [-0.15, -0.1) is 0 Å². The van der Waals surface area contributed by atoms with Crippen LogP contribution in [0.25, 0.3) is 0 Å². The summed E-state index contributed by atoms with van der Waals surface area (Å²) in [4.78, 5) is 0. The monoisotopic (exact) mass is 203 g/mol. The van der Waals surface area contributed by atoms with Crippen LogP contribution in [0.4, 0.5) is 0 Å². The van der Waals surface area contributed by atoms with Gasteiger partial charge in [-0.1, -0.05) is 32.6 Å². The Morgan fingerprint density at radius 3 is 1.77 bits per heavy atom. The average molecular weight is 203 g/mol. The van der Waals surface area contributed by atoms with Gasteiger partial charge < -0.3 is 0 Å². The Kier molecular flexibility index (Phi) is 10.7. The van der Waals surface area contributed by atoms with Crippen LogP contribution in [0, 0.1) is 0 Å². The summed E-state index contributed by atoms with van der Waals surface area (Å²) in [6, 6.07) is 0. The van der Waals surface area contributed by atoms with E-state index in [1.165, 1.54) is 55.8 Å². The predicted molar refractivity (Wildman–Crippen MR) is 66.7 cm³/mol. The highest BCUT2D eigenvalue weighted by atomic mass is 32.2. The standard InChI is InChI=1S/C12H27S/c1-4-7-8-9-10-11-12-13(5-2)6-3/h4-12H2,1-3H3/q+1. The van der Waals surface area contributed by atoms with Crippen LogP contribution in [0.3, 0.4) is 0 Å². The maximum Gasteiger partial charge on any atom is 0.108 e. The van der Waals surface area contributed by atoms with E-state index in [0.717, 1.165) is 10.9 Å². The normalized spacial score (nSPS) is 11.1. The summed E-state index contributed by atoms with van der Waals surface area (Å²) in [6.07, 6.45) is 8.70. The zero-order valence-electron chi connectivity index (χ0n) is 9.77. The van der Waals surface area contributed by atoms with Gasteiger partial charge in [0.05, 0.1) is 0 Å². The first-order valence-corrected chi connectivity index (χ1v) is 7.72. The molecule has 0 aliphatic heterocycles. The summed E-state index contributed by atoms with van der Waals surface area (Å²) in [5.41, 5.74) is 0. The second kappa shape index (κ2) is 10.4. The zero-order valence-corrected chi connectivity index (χ0v) is 10.6. The lowest BCUT2D eigenvalue weighted by Gasteiger charge is -2.03. The molecule has 0 aromatic rings. The molecule has 0 spiro atoms. The highest BCUT2D eigenvalue weighted by Gasteiger charge is 2.10. The molecule has 0 atom stereocenters. The summed E-state index contributed by atoms with van der Waals surface area (Å²) < 4.78 is 0. The summed E-state index contributed by atoms with van der Waals surface area (Å²) in [6.45, 7) is 6.96. The summed E-state index contributed by atoms with van der Waals surface area (Å²) in [7, 11) is 0.754. The Labute approximate surface area is 87.8 Å². The average Bonchev–Trinajstić information content (AvgIpc) is 2.17. The number of hydrogen-bond donors (Lipinski definition) is 0. The SMILES string of the molecule is CCCCCCCC[S+](CC)CC. The molecule has 1 heteroatoms. The minimum absolute atomic E-state index is 0.754. The van der Waals surface area contributed by atoms with E-state index in [1.54, 1.807) is 0 Å². The number of unbranched alkanes of at least 4 members (excludes halogenated alkanes) is 5. The molecule has 80 valence electrons. The fourth-order valence-corrected chi connectivity index (χ4v) is 3.18. The Hall–Kier alpha value is 0.350. The van der Waals surface area contributed by atoms with Crippen LogP contribution in [0.2, 0.25) is 0 Å². The summed E-state index contributed by atoms with van der Waals surface area (Å²) >= 11 is 0. The summed E-state index contributed by atoms with van der Waals surface area (Å²) in [5, 5.41) is 0. The van der Waals surface area contributed by atoms with E-state index >= 15 is 0 Å². The maximum atomic E-state index is 2.34. The van der Waals surface area contributed by atoms with Crippen molar-refractivity contribution in [2.45, 2.75) is 59.3 Å². The van der Waals surface area contributed by atoms with Crippen LogP contribution in [0.5, 0.6) is 0 Å². The van der Waals surface area contributed by atoms with Crippen molar-refractivity contribution in [1.82, 2.24) is 0 Å². The van der Waals surface area contributed by atoms with Crippen molar-refractivity contribution in [3.63, 3.8) is 0 Å². The molecular weight excluding hydrogens is 176 g/mol. The smallest absolute Gasteiger partial charge is 0.0654 e. The van der Waals surface area contributed by atoms with Gasteiger partial charge in [-0.2, -0.15) is 0 Å². The third kappa shape index (κ3) is 8.67. The van der Waals surface area contributed by atoms with Gasteiger partial charge in [0.15, 0.2) is 0 Å². The number of hydrogen-bond acceptors (Lipinski definition) is 0. The van der Waals surface area contributed by atoms with Crippen LogP contribution in [0.15, 0.2) is 0 Å². The van der Waals surface area contributed by atoms with Crippen LogP contribution in [0.1, 0.15) is 59.3 Å². The zero-order chi connectivity index (χ0) is 9.94. The highest BCUT2D eigenvalue weighted by Crippen LogP contribution is 2.07. The van der Waals surface area contributed by atoms with Crippen molar-refractivity contribution in [1.29, 1.82) is 0 Å². The van der Waals surface area contributed by atoms with Gasteiger partial charge in [0.1, 0.15) is 17.3 Å². The lowest BCUT2D eigenvalue weighted by atomic mass is 10.1. The van der Waals surface area contributed by atoms with Crippen LogP contribution in [-0.2, 0) is 10.9 Å². The van der Waals surface area contributed by atoms with Crippen LogP contribution in [-0.4, -0.2) is 17.3 Å². The van der Waals surface area contributed by atoms with E-state index in [0.29, 0.717) is 0 Å². The molecule has 0 aromatic heterocycles. The third-order valence-electron chi connectivity index (χ3n) is 2.60. The van der Waals surface area contributed by atoms with Crippen LogP contribution < -0.4 is 0 Å². The fraction of sp³-hybridized carbons (Fsp3) is 1.00. The molecule has 0 nitrogen and oxygen atoms in total. The first-order valence-electron chi connectivity index (χ1n) is 5.99. The third-order valence-corrected chi connectivity index (χ3v) is 5.10. The Morgan fingerprint density at radius 2 is 1.23 bits per heavy atom. The predicted octanol–water partition coefficient (Wildman–Crippen LogP) is 4.01. The highest BCUT2D eigenvalue weighted by molar-refractivity contribution is 7.96. The fourth-order valence-electron chi connectivity index (χ4n) is 1.58. The summed E-state index contributed by atoms with van der Waals surface area (Å²) in [5.74, 6) is 4.32. The molecule has 0 N–H and O–H groups in total. The lowest BCUT2D eigenvalue weighted by molar-refractivity contribution is 0.626. The molecular formula is C12H27S+. The van der Waals surface area contributed by atoms with Gasteiger partial charge in [0, 0.05) is 0 Å². The van der Waals surface area contributed by atoms with Crippen molar-refractivity contribution < 1.29 is 0 Å². The van der Waals surface area contributed by atoms with E-state index in [-0.39, 0.29) is 0 Å². The van der Waals surface area contributed by atoms with Gasteiger partial charge in [-0.3, -0.25) is 0 Å². The van der Waals surface area contributed by atoms with Crippen LogP contribution >= 0.6 is 0 Å². The van der Waals surface area contributed by atoms with E-state index in [9.17, 15) is 0 Å². The van der Waals surface area contributed by atoms with Gasteiger partial charge >= 0.3 is 0 Å². The molecule has 0 unspecified atom stereocenters. The quantitative estimate of drug-likeness (QED) is 0.392. The second-order valence-electron chi connectivity index (χ2n) is 3.66. The molecule has 0 aliphatic carbocycles. The van der Waals surface area contributed by atoms with E-state index in [2.05, 4.69) is 20.8 Å². The van der Waals surface area contributed by atoms with E-state index in [4.69, 9.17) is 0 Å². The molecule has 0 amide bonds. The van der Waals surface area contributed by atoms with Crippen molar-refractivity contribution in [3.05, 3.63) is 0 Å². The van der Waals surface area contributed by atoms with Crippen molar-refractivity contribution in [2.24, 2.45) is 0 Å². The Morgan fingerprint density at radius 1 is 0.692 bits per heavy atom. The molecule has 0 fully saturated rings. The molecule has 0 aromatic carbocycles. The van der Waals surface area contributed by atoms with Crippen molar-refractivity contribution >= 4 is 10.9 Å². The number of rotatable bonds is 9. The molecule has 0 bridgehead atoms. The van der Waals surface area contributed by atoms with E-state index in [1.807, 2.05) is 0 Å². The molecule has 0 aliphatic rings. The van der Waals surface area contributed by atoms with Crippen molar-refractivity contribution in [2.75, 3.05) is 17.3 Å². The second-order valence-corrected chi connectivity index (χ2v) is 6.45. The molecule has 0 heterocycles.